The molecule has 20 heavy (non-hydrogen) atoms. The van der Waals surface area contributed by atoms with Gasteiger partial charge in [0.1, 0.15) is 11.6 Å². The molecule has 5 heteroatoms. The molecule has 2 nitrogen and oxygen atoms in total. The Morgan fingerprint density at radius 3 is 2.60 bits per heavy atom. The van der Waals surface area contributed by atoms with Gasteiger partial charge in [-0.1, -0.05) is 27.7 Å². The van der Waals surface area contributed by atoms with Crippen molar-refractivity contribution in [3.63, 3.8) is 0 Å². The molecule has 2 aromatic rings. The van der Waals surface area contributed by atoms with Crippen molar-refractivity contribution in [1.29, 1.82) is 0 Å². The molecular formula is C15H19BrClFN2. The highest BCUT2D eigenvalue weighted by molar-refractivity contribution is 9.10. The Morgan fingerprint density at radius 2 is 2.05 bits per heavy atom. The maximum Gasteiger partial charge on any atom is 0.139 e. The Hall–Kier alpha value is -0.610. The average Bonchev–Trinajstić information content (AvgIpc) is 2.67. The van der Waals surface area contributed by atoms with E-state index in [0.29, 0.717) is 21.8 Å². The number of hydrogen-bond acceptors (Lipinski definition) is 1. The number of fused-ring (bicyclic) bond motifs is 1. The van der Waals surface area contributed by atoms with Gasteiger partial charge in [0.2, 0.25) is 0 Å². The summed E-state index contributed by atoms with van der Waals surface area (Å²) in [6, 6.07) is 3.23. The van der Waals surface area contributed by atoms with E-state index in [4.69, 9.17) is 11.6 Å². The van der Waals surface area contributed by atoms with Crippen LogP contribution in [0.15, 0.2) is 16.6 Å². The first-order valence-corrected chi connectivity index (χ1v) is 7.99. The van der Waals surface area contributed by atoms with Crippen LogP contribution in [0.3, 0.4) is 0 Å². The quantitative estimate of drug-likeness (QED) is 0.670. The minimum atomic E-state index is -0.300. The summed E-state index contributed by atoms with van der Waals surface area (Å²) in [5.41, 5.74) is 1.68. The van der Waals surface area contributed by atoms with Crippen LogP contribution in [0.1, 0.15) is 33.5 Å². The second-order valence-corrected chi connectivity index (χ2v) is 7.27. The van der Waals surface area contributed by atoms with Gasteiger partial charge in [-0.25, -0.2) is 9.37 Å². The number of nitrogens with zero attached hydrogens (tertiary/aromatic N) is 2. The molecule has 0 N–H and O–H groups in total. The number of imidazole rings is 1. The fourth-order valence-electron chi connectivity index (χ4n) is 2.04. The first-order valence-electron chi connectivity index (χ1n) is 6.66. The highest BCUT2D eigenvalue weighted by Gasteiger charge is 2.25. The molecule has 1 aromatic carbocycles. The lowest BCUT2D eigenvalue weighted by atomic mass is 9.81. The van der Waals surface area contributed by atoms with Crippen molar-refractivity contribution in [2.24, 2.45) is 11.3 Å². The highest BCUT2D eigenvalue weighted by atomic mass is 79.9. The predicted molar refractivity (Wildman–Crippen MR) is 85.6 cm³/mol. The number of hydrogen-bond donors (Lipinski definition) is 0. The second-order valence-electron chi connectivity index (χ2n) is 6.15. The van der Waals surface area contributed by atoms with Gasteiger partial charge < -0.3 is 4.57 Å². The van der Waals surface area contributed by atoms with Crippen LogP contribution in [0.2, 0.25) is 0 Å². The third-order valence-corrected chi connectivity index (χ3v) is 4.96. The van der Waals surface area contributed by atoms with Crippen LogP contribution in [0.5, 0.6) is 0 Å². The van der Waals surface area contributed by atoms with Gasteiger partial charge >= 0.3 is 0 Å². The normalized spacial score (nSPS) is 12.6. The zero-order valence-corrected chi connectivity index (χ0v) is 14.5. The van der Waals surface area contributed by atoms with Crippen LogP contribution in [-0.2, 0) is 12.4 Å². The Bertz CT molecular complexity index is 634. The van der Waals surface area contributed by atoms with E-state index in [-0.39, 0.29) is 11.2 Å². The van der Waals surface area contributed by atoms with Gasteiger partial charge in [0.25, 0.3) is 0 Å². The van der Waals surface area contributed by atoms with Crippen molar-refractivity contribution >= 4 is 38.6 Å². The van der Waals surface area contributed by atoms with E-state index < -0.39 is 0 Å². The Kier molecular flexibility index (Phi) is 4.45. The predicted octanol–water partition coefficient (Wildman–Crippen LogP) is 5.36. The number of halogens is 3. The third-order valence-electron chi connectivity index (χ3n) is 4.12. The molecule has 110 valence electrons. The molecule has 0 saturated heterocycles. The summed E-state index contributed by atoms with van der Waals surface area (Å²) in [7, 11) is 0. The van der Waals surface area contributed by atoms with E-state index >= 15 is 0 Å². The third kappa shape index (κ3) is 2.86. The SMILES string of the molecule is CC(C)C(C)(C)Cn1c(CCl)nc2cc(F)c(Br)cc21. The summed E-state index contributed by atoms with van der Waals surface area (Å²) in [6.45, 7) is 9.66. The topological polar surface area (TPSA) is 17.8 Å². The van der Waals surface area contributed by atoms with Crippen molar-refractivity contribution in [2.45, 2.75) is 40.1 Å². The second kappa shape index (κ2) is 5.64. The number of aromatic nitrogens is 2. The number of rotatable bonds is 4. The van der Waals surface area contributed by atoms with Crippen LogP contribution < -0.4 is 0 Å². The van der Waals surface area contributed by atoms with Crippen LogP contribution in [0.4, 0.5) is 4.39 Å². The zero-order chi connectivity index (χ0) is 15.1. The first-order chi connectivity index (χ1) is 9.26. The fourth-order valence-corrected chi connectivity index (χ4v) is 2.57. The van der Waals surface area contributed by atoms with Crippen molar-refractivity contribution in [2.75, 3.05) is 0 Å². The van der Waals surface area contributed by atoms with E-state index in [1.807, 2.05) is 0 Å². The van der Waals surface area contributed by atoms with E-state index in [0.717, 1.165) is 17.9 Å². The van der Waals surface area contributed by atoms with Gasteiger partial charge in [-0.15, -0.1) is 11.6 Å². The van der Waals surface area contributed by atoms with Crippen LogP contribution in [0, 0.1) is 17.2 Å². The summed E-state index contributed by atoms with van der Waals surface area (Å²) >= 11 is 9.24. The molecule has 1 heterocycles. The standard InChI is InChI=1S/C15H19BrClFN2/c1-9(2)15(3,4)8-20-13-5-10(16)11(18)6-12(13)19-14(20)7-17/h5-6,9H,7-8H2,1-4H3. The van der Waals surface area contributed by atoms with Crippen molar-refractivity contribution in [3.05, 3.63) is 28.2 Å². The molecule has 0 radical (unpaired) electrons. The molecule has 2 rings (SSSR count). The minimum Gasteiger partial charge on any atom is -0.326 e. The maximum absolute atomic E-state index is 13.6. The van der Waals surface area contributed by atoms with Gasteiger partial charge in [-0.3, -0.25) is 0 Å². The molecule has 0 aliphatic carbocycles. The van der Waals surface area contributed by atoms with Gasteiger partial charge in [0.05, 0.1) is 21.4 Å². The van der Waals surface area contributed by atoms with Gasteiger partial charge in [0, 0.05) is 12.6 Å². The van der Waals surface area contributed by atoms with E-state index in [1.165, 1.54) is 6.07 Å². The molecule has 0 amide bonds. The molecule has 0 bridgehead atoms. The number of benzene rings is 1. The molecule has 0 spiro atoms. The maximum atomic E-state index is 13.6. The van der Waals surface area contributed by atoms with Gasteiger partial charge in [-0.05, 0) is 33.3 Å². The lowest BCUT2D eigenvalue weighted by Crippen LogP contribution is -2.26. The molecule has 0 aliphatic heterocycles. The summed E-state index contributed by atoms with van der Waals surface area (Å²) in [5.74, 6) is 1.33. The van der Waals surface area contributed by atoms with Gasteiger partial charge in [-0.2, -0.15) is 0 Å². The largest absolute Gasteiger partial charge is 0.326 e. The lowest BCUT2D eigenvalue weighted by Gasteiger charge is -2.30. The van der Waals surface area contributed by atoms with E-state index in [2.05, 4.69) is 53.2 Å². The van der Waals surface area contributed by atoms with Crippen molar-refractivity contribution in [3.8, 4) is 0 Å². The van der Waals surface area contributed by atoms with Crippen molar-refractivity contribution < 1.29 is 4.39 Å². The van der Waals surface area contributed by atoms with E-state index in [1.54, 1.807) is 6.07 Å². The Labute approximate surface area is 132 Å². The number of alkyl halides is 1. The van der Waals surface area contributed by atoms with Crippen molar-refractivity contribution in [1.82, 2.24) is 9.55 Å². The zero-order valence-electron chi connectivity index (χ0n) is 12.2. The highest BCUT2D eigenvalue weighted by Crippen LogP contribution is 2.32. The molecule has 0 fully saturated rings. The van der Waals surface area contributed by atoms with Crippen LogP contribution in [-0.4, -0.2) is 9.55 Å². The molecule has 0 saturated carbocycles. The first kappa shape index (κ1) is 15.8. The Balaban J connectivity index is 2.59. The van der Waals surface area contributed by atoms with Crippen LogP contribution in [0.25, 0.3) is 11.0 Å². The summed E-state index contributed by atoms with van der Waals surface area (Å²) in [5, 5.41) is 0. The Morgan fingerprint density at radius 1 is 1.40 bits per heavy atom. The molecule has 0 unspecified atom stereocenters. The minimum absolute atomic E-state index is 0.106. The average molecular weight is 362 g/mol. The summed E-state index contributed by atoms with van der Waals surface area (Å²) in [4.78, 5) is 4.45. The van der Waals surface area contributed by atoms with E-state index in [9.17, 15) is 4.39 Å². The van der Waals surface area contributed by atoms with Gasteiger partial charge in [0.15, 0.2) is 0 Å². The summed E-state index contributed by atoms with van der Waals surface area (Å²) in [6.07, 6.45) is 0. The monoisotopic (exact) mass is 360 g/mol. The smallest absolute Gasteiger partial charge is 0.139 e. The fraction of sp³-hybridized carbons (Fsp3) is 0.533. The molecule has 0 atom stereocenters. The molecular weight excluding hydrogens is 343 g/mol. The summed E-state index contributed by atoms with van der Waals surface area (Å²) < 4.78 is 16.2. The molecule has 1 aromatic heterocycles. The lowest BCUT2D eigenvalue weighted by molar-refractivity contribution is 0.211. The van der Waals surface area contributed by atoms with Crippen LogP contribution >= 0.6 is 27.5 Å². The molecule has 0 aliphatic rings.